The molecular formula is C18H18Cl2O. The van der Waals surface area contributed by atoms with E-state index in [1.807, 2.05) is 37.3 Å². The van der Waals surface area contributed by atoms with Crippen LogP contribution in [-0.4, -0.2) is 5.60 Å². The molecule has 1 aliphatic heterocycles. The van der Waals surface area contributed by atoms with Gasteiger partial charge >= 0.3 is 0 Å². The van der Waals surface area contributed by atoms with Gasteiger partial charge in [0.1, 0.15) is 11.4 Å². The maximum atomic E-state index is 6.68. The Balaban J connectivity index is 1.97. The highest BCUT2D eigenvalue weighted by Gasteiger charge is 2.30. The monoisotopic (exact) mass is 320 g/mol. The van der Waals surface area contributed by atoms with Gasteiger partial charge in [-0.2, -0.15) is 0 Å². The second kappa shape index (κ2) is 5.23. The number of fused-ring (bicyclic) bond motifs is 1. The SMILES string of the molecule is Cc1c(Cl)cccc1C(Cl)c1ccc2c(c1)CC(C)(C)O2. The van der Waals surface area contributed by atoms with E-state index in [0.717, 1.165) is 33.9 Å². The van der Waals surface area contributed by atoms with Gasteiger partial charge in [-0.25, -0.2) is 0 Å². The highest BCUT2D eigenvalue weighted by Crippen LogP contribution is 2.39. The van der Waals surface area contributed by atoms with Crippen LogP contribution >= 0.6 is 23.2 Å². The van der Waals surface area contributed by atoms with Crippen molar-refractivity contribution in [1.29, 1.82) is 0 Å². The van der Waals surface area contributed by atoms with Gasteiger partial charge in [0.05, 0.1) is 5.38 Å². The third-order valence-corrected chi connectivity index (χ3v) is 4.86. The molecule has 0 aromatic heterocycles. The molecule has 0 N–H and O–H groups in total. The van der Waals surface area contributed by atoms with E-state index in [0.29, 0.717) is 0 Å². The molecule has 110 valence electrons. The summed E-state index contributed by atoms with van der Waals surface area (Å²) < 4.78 is 5.91. The van der Waals surface area contributed by atoms with Crippen molar-refractivity contribution in [1.82, 2.24) is 0 Å². The molecule has 3 heteroatoms. The molecule has 1 heterocycles. The first-order valence-corrected chi connectivity index (χ1v) is 7.90. The summed E-state index contributed by atoms with van der Waals surface area (Å²) in [6.45, 7) is 6.21. The topological polar surface area (TPSA) is 9.23 Å². The molecule has 0 bridgehead atoms. The van der Waals surface area contributed by atoms with Gasteiger partial charge in [0.2, 0.25) is 0 Å². The Morgan fingerprint density at radius 1 is 1.19 bits per heavy atom. The molecule has 1 aliphatic rings. The second-order valence-corrected chi connectivity index (χ2v) is 7.07. The van der Waals surface area contributed by atoms with Gasteiger partial charge in [-0.05, 0) is 55.2 Å². The van der Waals surface area contributed by atoms with E-state index in [4.69, 9.17) is 27.9 Å². The van der Waals surface area contributed by atoms with E-state index in [2.05, 4.69) is 19.9 Å². The zero-order valence-electron chi connectivity index (χ0n) is 12.4. The van der Waals surface area contributed by atoms with Crippen LogP contribution in [0.4, 0.5) is 0 Å². The Kier molecular flexibility index (Phi) is 3.67. The van der Waals surface area contributed by atoms with Crippen molar-refractivity contribution >= 4 is 23.2 Å². The van der Waals surface area contributed by atoms with Crippen LogP contribution in [0.15, 0.2) is 36.4 Å². The Morgan fingerprint density at radius 3 is 2.71 bits per heavy atom. The maximum Gasteiger partial charge on any atom is 0.123 e. The highest BCUT2D eigenvalue weighted by atomic mass is 35.5. The van der Waals surface area contributed by atoms with Gasteiger partial charge in [0.25, 0.3) is 0 Å². The quantitative estimate of drug-likeness (QED) is 0.646. The number of halogens is 2. The molecule has 1 unspecified atom stereocenters. The van der Waals surface area contributed by atoms with Gasteiger partial charge in [0.15, 0.2) is 0 Å². The maximum absolute atomic E-state index is 6.68. The van der Waals surface area contributed by atoms with Gasteiger partial charge in [-0.15, -0.1) is 11.6 Å². The molecular weight excluding hydrogens is 303 g/mol. The van der Waals surface area contributed by atoms with Crippen molar-refractivity contribution in [3.8, 4) is 5.75 Å². The van der Waals surface area contributed by atoms with Crippen molar-refractivity contribution in [2.24, 2.45) is 0 Å². The van der Waals surface area contributed by atoms with E-state index in [1.165, 1.54) is 5.56 Å². The van der Waals surface area contributed by atoms with Gasteiger partial charge in [0, 0.05) is 11.4 Å². The molecule has 0 amide bonds. The van der Waals surface area contributed by atoms with Crippen LogP contribution < -0.4 is 4.74 Å². The predicted molar refractivity (Wildman–Crippen MR) is 88.7 cm³/mol. The molecule has 0 spiro atoms. The third kappa shape index (κ3) is 2.77. The molecule has 0 aliphatic carbocycles. The fraction of sp³-hybridized carbons (Fsp3) is 0.333. The number of rotatable bonds is 2. The van der Waals surface area contributed by atoms with Crippen molar-refractivity contribution in [3.63, 3.8) is 0 Å². The average molecular weight is 321 g/mol. The Morgan fingerprint density at radius 2 is 1.95 bits per heavy atom. The Hall–Kier alpha value is -1.18. The van der Waals surface area contributed by atoms with Crippen molar-refractivity contribution in [2.75, 3.05) is 0 Å². The lowest BCUT2D eigenvalue weighted by atomic mass is 9.96. The molecule has 3 rings (SSSR count). The zero-order chi connectivity index (χ0) is 15.2. The van der Waals surface area contributed by atoms with E-state index >= 15 is 0 Å². The summed E-state index contributed by atoms with van der Waals surface area (Å²) in [6.07, 6.45) is 0.911. The van der Waals surface area contributed by atoms with Crippen LogP contribution in [0.25, 0.3) is 0 Å². The first kappa shape index (κ1) is 14.7. The van der Waals surface area contributed by atoms with E-state index in [9.17, 15) is 0 Å². The molecule has 2 aromatic rings. The molecule has 1 atom stereocenters. The molecule has 21 heavy (non-hydrogen) atoms. The summed E-state index contributed by atoms with van der Waals surface area (Å²) in [6, 6.07) is 12.1. The van der Waals surface area contributed by atoms with Gasteiger partial charge in [-0.1, -0.05) is 35.9 Å². The number of benzene rings is 2. The van der Waals surface area contributed by atoms with E-state index in [1.54, 1.807) is 0 Å². The molecule has 0 saturated carbocycles. The molecule has 0 radical (unpaired) electrons. The van der Waals surface area contributed by atoms with Crippen molar-refractivity contribution in [2.45, 2.75) is 38.2 Å². The van der Waals surface area contributed by atoms with Crippen molar-refractivity contribution < 1.29 is 4.74 Å². The fourth-order valence-corrected chi connectivity index (χ4v) is 3.42. The van der Waals surface area contributed by atoms with Crippen LogP contribution in [0.2, 0.25) is 5.02 Å². The van der Waals surface area contributed by atoms with E-state index < -0.39 is 0 Å². The van der Waals surface area contributed by atoms with Gasteiger partial charge < -0.3 is 4.74 Å². The number of alkyl halides is 1. The first-order valence-electron chi connectivity index (χ1n) is 7.08. The Bertz CT molecular complexity index is 692. The van der Waals surface area contributed by atoms with Crippen LogP contribution in [0.5, 0.6) is 5.75 Å². The molecule has 0 saturated heterocycles. The molecule has 1 nitrogen and oxygen atoms in total. The van der Waals surface area contributed by atoms with E-state index in [-0.39, 0.29) is 11.0 Å². The summed E-state index contributed by atoms with van der Waals surface area (Å²) in [5.41, 5.74) is 4.28. The Labute approximate surface area is 135 Å². The summed E-state index contributed by atoms with van der Waals surface area (Å²) >= 11 is 12.9. The minimum atomic E-state index is -0.197. The summed E-state index contributed by atoms with van der Waals surface area (Å²) in [7, 11) is 0. The molecule has 2 aromatic carbocycles. The van der Waals surface area contributed by atoms with Crippen LogP contribution in [0.1, 0.15) is 41.5 Å². The smallest absolute Gasteiger partial charge is 0.123 e. The summed E-state index contributed by atoms with van der Waals surface area (Å²) in [5.74, 6) is 0.968. The van der Waals surface area contributed by atoms with Crippen LogP contribution in [0, 0.1) is 6.92 Å². The lowest BCUT2D eigenvalue weighted by molar-refractivity contribution is 0.138. The average Bonchev–Trinajstić information content (AvgIpc) is 2.73. The standard InChI is InChI=1S/C18H18Cl2O/c1-11-14(5-4-6-15(11)19)17(20)12-7-8-16-13(9-12)10-18(2,3)21-16/h4-9,17H,10H2,1-3H3. The van der Waals surface area contributed by atoms with Gasteiger partial charge in [-0.3, -0.25) is 0 Å². The first-order chi connectivity index (χ1) is 9.87. The number of ether oxygens (including phenoxy) is 1. The largest absolute Gasteiger partial charge is 0.487 e. The predicted octanol–water partition coefficient (Wildman–Crippen LogP) is 5.69. The zero-order valence-corrected chi connectivity index (χ0v) is 13.9. The van der Waals surface area contributed by atoms with Crippen LogP contribution in [0.3, 0.4) is 0 Å². The highest BCUT2D eigenvalue weighted by molar-refractivity contribution is 6.31. The van der Waals surface area contributed by atoms with Crippen LogP contribution in [-0.2, 0) is 6.42 Å². The fourth-order valence-electron chi connectivity index (χ4n) is 2.87. The minimum Gasteiger partial charge on any atom is -0.487 e. The normalized spacial score (nSPS) is 17.2. The molecule has 0 fully saturated rings. The summed E-state index contributed by atoms with van der Waals surface area (Å²) in [4.78, 5) is 0. The third-order valence-electron chi connectivity index (χ3n) is 3.96. The second-order valence-electron chi connectivity index (χ2n) is 6.22. The summed E-state index contributed by atoms with van der Waals surface area (Å²) in [5, 5.41) is 0.557. The number of hydrogen-bond acceptors (Lipinski definition) is 1. The lowest BCUT2D eigenvalue weighted by Gasteiger charge is -2.16. The minimum absolute atomic E-state index is 0.130. The van der Waals surface area contributed by atoms with Crippen molar-refractivity contribution in [3.05, 3.63) is 63.7 Å². The lowest BCUT2D eigenvalue weighted by Crippen LogP contribution is -2.24. The number of hydrogen-bond donors (Lipinski definition) is 0.